The number of hydrogen-bond donors (Lipinski definition) is 2. The third kappa shape index (κ3) is 3.20. The van der Waals surface area contributed by atoms with E-state index in [4.69, 9.17) is 0 Å². The van der Waals surface area contributed by atoms with Crippen molar-refractivity contribution >= 4 is 11.4 Å². The number of aliphatic hydroxyl groups excluding tert-OH is 1. The maximum absolute atomic E-state index is 13.2. The van der Waals surface area contributed by atoms with Gasteiger partial charge in [0.15, 0.2) is 0 Å². The first-order valence-electron chi connectivity index (χ1n) is 6.43. The summed E-state index contributed by atoms with van der Waals surface area (Å²) in [6.45, 7) is 0.0424. The largest absolute Gasteiger partial charge is 0.396 e. The molecule has 0 radical (unpaired) electrons. The van der Waals surface area contributed by atoms with Gasteiger partial charge in [0.05, 0.1) is 4.92 Å². The summed E-state index contributed by atoms with van der Waals surface area (Å²) in [5, 5.41) is 23.3. The van der Waals surface area contributed by atoms with E-state index < -0.39 is 10.7 Å². The molecule has 2 unspecified atom stereocenters. The Morgan fingerprint density at radius 3 is 2.84 bits per heavy atom. The predicted molar refractivity (Wildman–Crippen MR) is 69.5 cm³/mol. The Labute approximate surface area is 110 Å². The molecule has 104 valence electrons. The fraction of sp³-hybridized carbons (Fsp3) is 0.538. The summed E-state index contributed by atoms with van der Waals surface area (Å²) in [7, 11) is 0. The van der Waals surface area contributed by atoms with Gasteiger partial charge in [-0.05, 0) is 18.9 Å². The van der Waals surface area contributed by atoms with Crippen LogP contribution in [0.3, 0.4) is 0 Å². The molecule has 0 aliphatic heterocycles. The first kappa shape index (κ1) is 13.7. The minimum atomic E-state index is -0.529. The maximum Gasteiger partial charge on any atom is 0.292 e. The van der Waals surface area contributed by atoms with Crippen molar-refractivity contribution in [3.05, 3.63) is 34.1 Å². The van der Waals surface area contributed by atoms with E-state index in [9.17, 15) is 19.6 Å². The lowest BCUT2D eigenvalue weighted by Gasteiger charge is -2.31. The molecule has 0 amide bonds. The molecule has 2 atom stereocenters. The van der Waals surface area contributed by atoms with Crippen molar-refractivity contribution in [2.75, 3.05) is 11.9 Å². The first-order valence-corrected chi connectivity index (χ1v) is 6.43. The molecule has 5 nitrogen and oxygen atoms in total. The van der Waals surface area contributed by atoms with Crippen LogP contribution in [0.4, 0.5) is 15.8 Å². The van der Waals surface area contributed by atoms with Crippen LogP contribution in [0.15, 0.2) is 18.2 Å². The van der Waals surface area contributed by atoms with Crippen LogP contribution in [-0.4, -0.2) is 22.7 Å². The van der Waals surface area contributed by atoms with Gasteiger partial charge in [0.2, 0.25) is 0 Å². The Bertz CT molecular complexity index is 467. The molecule has 1 aliphatic carbocycles. The fourth-order valence-electron chi connectivity index (χ4n) is 2.60. The van der Waals surface area contributed by atoms with Gasteiger partial charge >= 0.3 is 0 Å². The van der Waals surface area contributed by atoms with Crippen molar-refractivity contribution in [1.29, 1.82) is 0 Å². The van der Waals surface area contributed by atoms with Gasteiger partial charge in [-0.3, -0.25) is 10.1 Å². The highest BCUT2D eigenvalue weighted by Gasteiger charge is 2.26. The van der Waals surface area contributed by atoms with E-state index in [-0.39, 0.29) is 29.9 Å². The molecule has 19 heavy (non-hydrogen) atoms. The monoisotopic (exact) mass is 268 g/mol. The van der Waals surface area contributed by atoms with Crippen LogP contribution in [0.1, 0.15) is 25.7 Å². The third-order valence-corrected chi connectivity index (χ3v) is 3.64. The SMILES string of the molecule is O=[N+]([O-])c1ccc(F)cc1NC1CCCCC1CO. The van der Waals surface area contributed by atoms with E-state index in [1.54, 1.807) is 0 Å². The quantitative estimate of drug-likeness (QED) is 0.650. The molecule has 0 aromatic heterocycles. The normalized spacial score (nSPS) is 23.1. The van der Waals surface area contributed by atoms with Crippen LogP contribution in [0.2, 0.25) is 0 Å². The van der Waals surface area contributed by atoms with Crippen LogP contribution in [0.25, 0.3) is 0 Å². The Hall–Kier alpha value is -1.69. The summed E-state index contributed by atoms with van der Waals surface area (Å²) in [5.41, 5.74) is 0.0546. The summed E-state index contributed by atoms with van der Waals surface area (Å²) in [6, 6.07) is 3.34. The minimum Gasteiger partial charge on any atom is -0.396 e. The minimum absolute atomic E-state index is 0.0424. The molecular weight excluding hydrogens is 251 g/mol. The van der Waals surface area contributed by atoms with E-state index in [0.29, 0.717) is 0 Å². The molecule has 6 heteroatoms. The Balaban J connectivity index is 2.21. The molecule has 2 N–H and O–H groups in total. The van der Waals surface area contributed by atoms with Gasteiger partial charge in [-0.25, -0.2) is 4.39 Å². The number of benzene rings is 1. The van der Waals surface area contributed by atoms with Gasteiger partial charge in [0.1, 0.15) is 11.5 Å². The molecule has 0 saturated heterocycles. The third-order valence-electron chi connectivity index (χ3n) is 3.64. The summed E-state index contributed by atoms with van der Waals surface area (Å²) < 4.78 is 13.2. The second kappa shape index (κ2) is 5.97. The number of nitrogens with zero attached hydrogens (tertiary/aromatic N) is 1. The number of hydrogen-bond acceptors (Lipinski definition) is 4. The topological polar surface area (TPSA) is 75.4 Å². The Morgan fingerprint density at radius 1 is 1.42 bits per heavy atom. The van der Waals surface area contributed by atoms with Crippen LogP contribution in [0, 0.1) is 21.8 Å². The van der Waals surface area contributed by atoms with Crippen molar-refractivity contribution in [3.8, 4) is 0 Å². The zero-order chi connectivity index (χ0) is 13.8. The van der Waals surface area contributed by atoms with E-state index >= 15 is 0 Å². The lowest BCUT2D eigenvalue weighted by molar-refractivity contribution is -0.384. The van der Waals surface area contributed by atoms with Crippen LogP contribution >= 0.6 is 0 Å². The maximum atomic E-state index is 13.2. The van der Waals surface area contributed by atoms with E-state index in [1.807, 2.05) is 0 Å². The van der Waals surface area contributed by atoms with Crippen LogP contribution in [-0.2, 0) is 0 Å². The van der Waals surface area contributed by atoms with Crippen molar-refractivity contribution < 1.29 is 14.4 Å². The zero-order valence-electron chi connectivity index (χ0n) is 10.5. The number of anilines is 1. The molecular formula is C13H17FN2O3. The van der Waals surface area contributed by atoms with Crippen molar-refractivity contribution in [2.24, 2.45) is 5.92 Å². The Morgan fingerprint density at radius 2 is 2.16 bits per heavy atom. The number of nitro groups is 1. The van der Waals surface area contributed by atoms with Gasteiger partial charge in [-0.2, -0.15) is 0 Å². The second-order valence-electron chi connectivity index (χ2n) is 4.90. The average Bonchev–Trinajstić information content (AvgIpc) is 2.39. The average molecular weight is 268 g/mol. The highest BCUT2D eigenvalue weighted by molar-refractivity contribution is 5.62. The van der Waals surface area contributed by atoms with Gasteiger partial charge in [-0.1, -0.05) is 12.8 Å². The summed E-state index contributed by atoms with van der Waals surface area (Å²) in [6.07, 6.45) is 3.78. The molecule has 1 aromatic carbocycles. The first-order chi connectivity index (χ1) is 9.11. The summed E-state index contributed by atoms with van der Waals surface area (Å²) in [5.74, 6) is -0.443. The van der Waals surface area contributed by atoms with Gasteiger partial charge in [-0.15, -0.1) is 0 Å². The van der Waals surface area contributed by atoms with E-state index in [2.05, 4.69) is 5.32 Å². The molecule has 1 saturated carbocycles. The number of nitro benzene ring substituents is 1. The van der Waals surface area contributed by atoms with Crippen molar-refractivity contribution in [1.82, 2.24) is 0 Å². The lowest BCUT2D eigenvalue weighted by atomic mass is 9.85. The van der Waals surface area contributed by atoms with Crippen LogP contribution in [0.5, 0.6) is 0 Å². The number of halogens is 1. The number of rotatable bonds is 4. The summed E-state index contributed by atoms with van der Waals surface area (Å²) in [4.78, 5) is 10.4. The van der Waals surface area contributed by atoms with Gasteiger partial charge in [0, 0.05) is 30.7 Å². The number of nitrogens with one attached hydrogen (secondary N) is 1. The molecule has 2 rings (SSSR count). The van der Waals surface area contributed by atoms with Crippen molar-refractivity contribution in [3.63, 3.8) is 0 Å². The van der Waals surface area contributed by atoms with Crippen LogP contribution < -0.4 is 5.32 Å². The van der Waals surface area contributed by atoms with Gasteiger partial charge in [0.25, 0.3) is 5.69 Å². The zero-order valence-corrected chi connectivity index (χ0v) is 10.5. The number of aliphatic hydroxyl groups is 1. The summed E-state index contributed by atoms with van der Waals surface area (Å²) >= 11 is 0. The second-order valence-corrected chi connectivity index (χ2v) is 4.90. The fourth-order valence-corrected chi connectivity index (χ4v) is 2.60. The standard InChI is InChI=1S/C13H17FN2O3/c14-10-5-6-13(16(18)19)12(7-10)15-11-4-2-1-3-9(11)8-17/h5-7,9,11,15,17H,1-4,8H2. The Kier molecular flexibility index (Phi) is 4.31. The molecule has 1 aliphatic rings. The van der Waals surface area contributed by atoms with Crippen molar-refractivity contribution in [2.45, 2.75) is 31.7 Å². The molecule has 1 fully saturated rings. The smallest absolute Gasteiger partial charge is 0.292 e. The molecule has 0 bridgehead atoms. The highest BCUT2D eigenvalue weighted by Crippen LogP contribution is 2.31. The van der Waals surface area contributed by atoms with E-state index in [0.717, 1.165) is 43.9 Å². The lowest BCUT2D eigenvalue weighted by Crippen LogP contribution is -2.34. The van der Waals surface area contributed by atoms with Gasteiger partial charge < -0.3 is 10.4 Å². The van der Waals surface area contributed by atoms with E-state index in [1.165, 1.54) is 0 Å². The molecule has 0 heterocycles. The highest BCUT2D eigenvalue weighted by atomic mass is 19.1. The molecule has 1 aromatic rings. The molecule has 0 spiro atoms. The predicted octanol–water partition coefficient (Wildman–Crippen LogP) is 2.70.